The van der Waals surface area contributed by atoms with E-state index in [1.54, 1.807) is 0 Å². The van der Waals surface area contributed by atoms with E-state index in [0.29, 0.717) is 17.2 Å². The van der Waals surface area contributed by atoms with Crippen molar-refractivity contribution in [1.29, 1.82) is 0 Å². The van der Waals surface area contributed by atoms with Gasteiger partial charge in [0, 0.05) is 28.8 Å². The van der Waals surface area contributed by atoms with Crippen LogP contribution in [0.1, 0.15) is 93.9 Å². The summed E-state index contributed by atoms with van der Waals surface area (Å²) in [4.78, 5) is 5.11. The first-order chi connectivity index (χ1) is 11.7. The first kappa shape index (κ1) is 22.2. The molecule has 3 heteroatoms. The van der Waals surface area contributed by atoms with Gasteiger partial charge in [-0.25, -0.2) is 0 Å². The Hall–Kier alpha value is -0.120. The molecule has 0 bridgehead atoms. The molecule has 0 aliphatic carbocycles. The Kier molecular flexibility index (Phi) is 6.28. The van der Waals surface area contributed by atoms with E-state index in [9.17, 15) is 0 Å². The molecule has 2 aliphatic heterocycles. The standard InChI is InChI=1S/C23H46N2O/c1-20(2)14-18(15-21(3,4)24(20)9)12-11-13-26-19-16-22(5,6)25(10)23(7,8)17-19/h18-19H,11-17H2,1-10H3. The Balaban J connectivity index is 1.80. The van der Waals surface area contributed by atoms with Gasteiger partial charge < -0.3 is 4.74 Å². The second kappa shape index (κ2) is 7.37. The van der Waals surface area contributed by atoms with Crippen LogP contribution < -0.4 is 0 Å². The van der Waals surface area contributed by atoms with Gasteiger partial charge in [0.1, 0.15) is 0 Å². The monoisotopic (exact) mass is 366 g/mol. The summed E-state index contributed by atoms with van der Waals surface area (Å²) < 4.78 is 6.38. The van der Waals surface area contributed by atoms with E-state index in [-0.39, 0.29) is 11.1 Å². The van der Waals surface area contributed by atoms with E-state index in [0.717, 1.165) is 25.4 Å². The van der Waals surface area contributed by atoms with E-state index in [2.05, 4.69) is 79.3 Å². The van der Waals surface area contributed by atoms with Crippen LogP contribution in [-0.2, 0) is 4.74 Å². The zero-order chi connectivity index (χ0) is 20.0. The van der Waals surface area contributed by atoms with Crippen molar-refractivity contribution in [3.63, 3.8) is 0 Å². The fraction of sp³-hybridized carbons (Fsp3) is 1.00. The van der Waals surface area contributed by atoms with Gasteiger partial charge in [-0.15, -0.1) is 0 Å². The topological polar surface area (TPSA) is 15.7 Å². The summed E-state index contributed by atoms with van der Waals surface area (Å²) in [7, 11) is 4.56. The molecular weight excluding hydrogens is 320 g/mol. The first-order valence-electron chi connectivity index (χ1n) is 10.8. The molecule has 26 heavy (non-hydrogen) atoms. The predicted molar refractivity (Wildman–Crippen MR) is 113 cm³/mol. The highest BCUT2D eigenvalue weighted by Gasteiger charge is 2.44. The molecule has 0 spiro atoms. The van der Waals surface area contributed by atoms with Gasteiger partial charge in [-0.2, -0.15) is 0 Å². The Bertz CT molecular complexity index is 401. The number of rotatable bonds is 5. The summed E-state index contributed by atoms with van der Waals surface area (Å²) in [6.07, 6.45) is 7.81. The van der Waals surface area contributed by atoms with Crippen molar-refractivity contribution in [2.75, 3.05) is 20.7 Å². The fourth-order valence-electron chi connectivity index (χ4n) is 5.80. The Morgan fingerprint density at radius 2 is 1.08 bits per heavy atom. The first-order valence-corrected chi connectivity index (χ1v) is 10.8. The van der Waals surface area contributed by atoms with Crippen LogP contribution >= 0.6 is 0 Å². The number of likely N-dealkylation sites (tertiary alicyclic amines) is 2. The second-order valence-electron chi connectivity index (χ2n) is 11.7. The minimum absolute atomic E-state index is 0.217. The highest BCUT2D eigenvalue weighted by Crippen LogP contribution is 2.42. The van der Waals surface area contributed by atoms with Crippen LogP contribution in [0, 0.1) is 5.92 Å². The van der Waals surface area contributed by atoms with Gasteiger partial charge >= 0.3 is 0 Å². The maximum Gasteiger partial charge on any atom is 0.0610 e. The SMILES string of the molecule is CN1C(C)(C)CC(CCCOC2CC(C)(C)N(C)C(C)(C)C2)CC1(C)C. The van der Waals surface area contributed by atoms with Gasteiger partial charge in [-0.05, 0) is 114 Å². The molecule has 0 aromatic rings. The third kappa shape index (κ3) is 4.83. The van der Waals surface area contributed by atoms with E-state index in [1.165, 1.54) is 25.7 Å². The van der Waals surface area contributed by atoms with Crippen LogP contribution in [0.4, 0.5) is 0 Å². The van der Waals surface area contributed by atoms with Gasteiger partial charge in [-0.3, -0.25) is 9.80 Å². The summed E-state index contributed by atoms with van der Waals surface area (Å²) >= 11 is 0. The van der Waals surface area contributed by atoms with Crippen LogP contribution in [-0.4, -0.2) is 58.8 Å². The van der Waals surface area contributed by atoms with Crippen molar-refractivity contribution in [2.24, 2.45) is 5.92 Å². The largest absolute Gasteiger partial charge is 0.378 e. The van der Waals surface area contributed by atoms with Gasteiger partial charge in [0.15, 0.2) is 0 Å². The number of nitrogens with zero attached hydrogens (tertiary/aromatic N) is 2. The third-order valence-corrected chi connectivity index (χ3v) is 7.77. The van der Waals surface area contributed by atoms with Crippen molar-refractivity contribution in [2.45, 2.75) is 122 Å². The summed E-state index contributed by atoms with van der Waals surface area (Å²) in [6, 6.07) is 0. The molecule has 2 heterocycles. The minimum atomic E-state index is 0.217. The van der Waals surface area contributed by atoms with Gasteiger partial charge in [0.25, 0.3) is 0 Å². The Morgan fingerprint density at radius 1 is 0.692 bits per heavy atom. The lowest BCUT2D eigenvalue weighted by Gasteiger charge is -2.54. The van der Waals surface area contributed by atoms with Crippen molar-refractivity contribution in [3.8, 4) is 0 Å². The Labute approximate surface area is 163 Å². The number of ether oxygens (including phenoxy) is 1. The summed E-state index contributed by atoms with van der Waals surface area (Å²) in [5.41, 5.74) is 1.04. The molecule has 0 amide bonds. The quantitative estimate of drug-likeness (QED) is 0.611. The number of hydrogen-bond acceptors (Lipinski definition) is 3. The maximum atomic E-state index is 6.38. The molecule has 0 atom stereocenters. The van der Waals surface area contributed by atoms with E-state index < -0.39 is 0 Å². The van der Waals surface area contributed by atoms with Crippen molar-refractivity contribution in [1.82, 2.24) is 9.80 Å². The number of piperidine rings is 2. The smallest absolute Gasteiger partial charge is 0.0610 e. The zero-order valence-electron chi connectivity index (χ0n) is 19.4. The molecule has 0 aromatic heterocycles. The lowest BCUT2D eigenvalue weighted by molar-refractivity contribution is -0.0932. The highest BCUT2D eigenvalue weighted by atomic mass is 16.5. The third-order valence-electron chi connectivity index (χ3n) is 7.77. The molecule has 0 unspecified atom stereocenters. The van der Waals surface area contributed by atoms with E-state index in [1.807, 2.05) is 0 Å². The van der Waals surface area contributed by atoms with Crippen LogP contribution in [0.3, 0.4) is 0 Å². The van der Waals surface area contributed by atoms with Crippen LogP contribution in [0.25, 0.3) is 0 Å². The van der Waals surface area contributed by atoms with Crippen molar-refractivity contribution in [3.05, 3.63) is 0 Å². The molecule has 0 radical (unpaired) electrons. The maximum absolute atomic E-state index is 6.38. The molecular formula is C23H46N2O. The summed E-state index contributed by atoms with van der Waals surface area (Å²) in [6.45, 7) is 20.0. The van der Waals surface area contributed by atoms with Crippen LogP contribution in [0.15, 0.2) is 0 Å². The van der Waals surface area contributed by atoms with Crippen molar-refractivity contribution >= 4 is 0 Å². The molecule has 2 rings (SSSR count). The summed E-state index contributed by atoms with van der Waals surface area (Å²) in [5.74, 6) is 0.824. The van der Waals surface area contributed by atoms with Gasteiger partial charge in [0.05, 0.1) is 6.10 Å². The fourth-order valence-corrected chi connectivity index (χ4v) is 5.80. The molecule has 2 fully saturated rings. The minimum Gasteiger partial charge on any atom is -0.378 e. The van der Waals surface area contributed by atoms with Gasteiger partial charge in [-0.1, -0.05) is 0 Å². The van der Waals surface area contributed by atoms with Crippen molar-refractivity contribution < 1.29 is 4.74 Å². The highest BCUT2D eigenvalue weighted by molar-refractivity contribution is 4.99. The van der Waals surface area contributed by atoms with Gasteiger partial charge in [0.2, 0.25) is 0 Å². The number of hydrogen-bond donors (Lipinski definition) is 0. The molecule has 0 aromatic carbocycles. The lowest BCUT2D eigenvalue weighted by Crippen LogP contribution is -2.60. The zero-order valence-corrected chi connectivity index (χ0v) is 19.4. The summed E-state index contributed by atoms with van der Waals surface area (Å²) in [5, 5.41) is 0. The molecule has 2 aliphatic rings. The predicted octanol–water partition coefficient (Wildman–Crippen LogP) is 5.33. The average molecular weight is 367 g/mol. The second-order valence-corrected chi connectivity index (χ2v) is 11.7. The van der Waals surface area contributed by atoms with E-state index in [4.69, 9.17) is 4.74 Å². The van der Waals surface area contributed by atoms with E-state index >= 15 is 0 Å². The van der Waals surface area contributed by atoms with Crippen LogP contribution in [0.2, 0.25) is 0 Å². The average Bonchev–Trinajstić information content (AvgIpc) is 2.45. The molecule has 0 N–H and O–H groups in total. The normalized spacial score (nSPS) is 29.8. The molecule has 2 saturated heterocycles. The lowest BCUT2D eigenvalue weighted by atomic mass is 9.72. The Morgan fingerprint density at radius 3 is 1.50 bits per heavy atom. The van der Waals surface area contributed by atoms with Crippen LogP contribution in [0.5, 0.6) is 0 Å². The molecule has 3 nitrogen and oxygen atoms in total. The molecule has 0 saturated carbocycles. The molecule has 154 valence electrons.